The Bertz CT molecular complexity index is 757. The van der Waals surface area contributed by atoms with Crippen LogP contribution in [0.25, 0.3) is 0 Å². The molecule has 0 spiro atoms. The van der Waals surface area contributed by atoms with E-state index in [-0.39, 0.29) is 5.91 Å². The van der Waals surface area contributed by atoms with Crippen LogP contribution < -0.4 is 11.1 Å². The largest absolute Gasteiger partial charge is 0.480 e. The minimum absolute atomic E-state index is 0.114. The Morgan fingerprint density at radius 2 is 1.39 bits per heavy atom. The quantitative estimate of drug-likeness (QED) is 0.113. The van der Waals surface area contributed by atoms with Crippen molar-refractivity contribution >= 4 is 11.9 Å². The number of carbonyl (C=O) groups is 2. The third-order valence-corrected chi connectivity index (χ3v) is 5.71. The highest BCUT2D eigenvalue weighted by molar-refractivity contribution is 5.76. The van der Waals surface area contributed by atoms with Crippen LogP contribution in [0.15, 0.2) is 60.8 Å². The number of carboxylic acid groups (broad SMARTS) is 1. The summed E-state index contributed by atoms with van der Waals surface area (Å²) < 4.78 is 11.2. The number of carbonyl (C=O) groups excluding carboxylic acids is 1. The van der Waals surface area contributed by atoms with Gasteiger partial charge in [0.2, 0.25) is 5.91 Å². The maximum atomic E-state index is 12.3. The second-order valence-corrected chi connectivity index (χ2v) is 8.80. The average Bonchev–Trinajstić information content (AvgIpc) is 2.85. The number of nitrogens with one attached hydrogen (secondary N) is 1. The first kappa shape index (κ1) is 33.5. The molecule has 0 aromatic carbocycles. The molecule has 7 nitrogen and oxygen atoms in total. The molecule has 4 atom stereocenters. The Hall–Kier alpha value is -2.48. The van der Waals surface area contributed by atoms with Crippen LogP contribution in [0, 0.1) is 0 Å². The molecule has 0 aromatic rings. The molecule has 4 N–H and O–H groups in total. The van der Waals surface area contributed by atoms with Crippen LogP contribution in [0.2, 0.25) is 0 Å². The molecular formula is C29H48N2O5. The minimum atomic E-state index is -1.20. The van der Waals surface area contributed by atoms with Crippen molar-refractivity contribution < 1.29 is 24.2 Å². The lowest BCUT2D eigenvalue weighted by atomic mass is 10.1. The monoisotopic (exact) mass is 504 g/mol. The van der Waals surface area contributed by atoms with E-state index in [9.17, 15) is 9.59 Å². The summed E-state index contributed by atoms with van der Waals surface area (Å²) in [5.41, 5.74) is 5.62. The minimum Gasteiger partial charge on any atom is -0.480 e. The van der Waals surface area contributed by atoms with Gasteiger partial charge in [0.1, 0.15) is 6.04 Å². The van der Waals surface area contributed by atoms with Gasteiger partial charge in [-0.2, -0.15) is 0 Å². The molecule has 0 saturated heterocycles. The van der Waals surface area contributed by atoms with Crippen LogP contribution in [0.1, 0.15) is 79.1 Å². The fourth-order valence-corrected chi connectivity index (χ4v) is 3.16. The highest BCUT2D eigenvalue weighted by Crippen LogP contribution is 2.20. The third kappa shape index (κ3) is 16.2. The van der Waals surface area contributed by atoms with Crippen molar-refractivity contribution in [2.75, 3.05) is 7.11 Å². The number of amides is 1. The number of rotatable bonds is 20. The van der Waals surface area contributed by atoms with Gasteiger partial charge in [-0.05, 0) is 65.7 Å². The first-order chi connectivity index (χ1) is 17.2. The highest BCUT2D eigenvalue weighted by atomic mass is 16.7. The number of aliphatic carboxylic acids is 1. The lowest BCUT2D eigenvalue weighted by Gasteiger charge is -2.37. The number of carboxylic acids is 1. The molecular weight excluding hydrogens is 456 g/mol. The van der Waals surface area contributed by atoms with Gasteiger partial charge in [0.05, 0.1) is 12.1 Å². The lowest BCUT2D eigenvalue weighted by molar-refractivity contribution is -0.248. The Balaban J connectivity index is 4.10. The molecule has 1 unspecified atom stereocenters. The Morgan fingerprint density at radius 3 is 1.83 bits per heavy atom. The van der Waals surface area contributed by atoms with Gasteiger partial charge in [-0.25, -0.2) is 0 Å². The molecule has 0 radical (unpaired) electrons. The summed E-state index contributed by atoms with van der Waals surface area (Å²) >= 11 is 0. The number of allylic oxidation sites excluding steroid dienone is 10. The van der Waals surface area contributed by atoms with Crippen LogP contribution in [0.3, 0.4) is 0 Å². The topological polar surface area (TPSA) is 111 Å². The molecule has 0 saturated carbocycles. The maximum absolute atomic E-state index is 12.3. The van der Waals surface area contributed by atoms with Gasteiger partial charge >= 0.3 is 5.97 Å². The zero-order valence-corrected chi connectivity index (χ0v) is 22.8. The summed E-state index contributed by atoms with van der Waals surface area (Å²) in [6.07, 6.45) is 27.6. The second kappa shape index (κ2) is 20.7. The van der Waals surface area contributed by atoms with Crippen LogP contribution in [0.4, 0.5) is 0 Å². The number of hydrogen-bond donors (Lipinski definition) is 3. The summed E-state index contributed by atoms with van der Waals surface area (Å²) in [5, 5.41) is 11.9. The van der Waals surface area contributed by atoms with Gasteiger partial charge < -0.3 is 25.6 Å². The van der Waals surface area contributed by atoms with E-state index in [4.69, 9.17) is 20.3 Å². The Kier molecular flexibility index (Phi) is 19.3. The van der Waals surface area contributed by atoms with Crippen LogP contribution >= 0.6 is 0 Å². The van der Waals surface area contributed by atoms with Crippen molar-refractivity contribution in [3.63, 3.8) is 0 Å². The van der Waals surface area contributed by atoms with E-state index in [1.165, 1.54) is 7.11 Å². The number of unbranched alkanes of at least 4 members (excludes halogenated alkanes) is 1. The molecule has 0 aromatic heterocycles. The number of hydrogen-bond acceptors (Lipinski definition) is 5. The lowest BCUT2D eigenvalue weighted by Crippen LogP contribution is -2.56. The number of methoxy groups -OCH3 is 1. The summed E-state index contributed by atoms with van der Waals surface area (Å²) in [7, 11) is 1.45. The first-order valence-electron chi connectivity index (χ1n) is 12.9. The van der Waals surface area contributed by atoms with Gasteiger partial charge in [-0.1, -0.05) is 67.7 Å². The van der Waals surface area contributed by atoms with Crippen molar-refractivity contribution in [1.82, 2.24) is 5.32 Å². The molecule has 204 valence electrons. The maximum Gasteiger partial charge on any atom is 0.323 e. The molecule has 0 aliphatic carbocycles. The van der Waals surface area contributed by atoms with Crippen LogP contribution in [0.5, 0.6) is 0 Å². The normalized spacial score (nSPS) is 16.8. The predicted molar refractivity (Wildman–Crippen MR) is 147 cm³/mol. The van der Waals surface area contributed by atoms with E-state index in [0.717, 1.165) is 44.9 Å². The summed E-state index contributed by atoms with van der Waals surface area (Å²) in [4.78, 5) is 23.4. The molecule has 0 aliphatic rings. The Morgan fingerprint density at radius 1 is 0.917 bits per heavy atom. The zero-order chi connectivity index (χ0) is 27.2. The van der Waals surface area contributed by atoms with E-state index in [0.29, 0.717) is 6.42 Å². The Labute approximate surface area is 218 Å². The fourth-order valence-electron chi connectivity index (χ4n) is 3.16. The van der Waals surface area contributed by atoms with E-state index in [1.807, 2.05) is 0 Å². The van der Waals surface area contributed by atoms with E-state index in [1.54, 1.807) is 20.8 Å². The smallest absolute Gasteiger partial charge is 0.323 e. The molecule has 0 aliphatic heterocycles. The SMILES string of the molecule is CC/C=C\C/C=C\C/C=C\C/C=C\C/C=C\CCCC(=O)N[C@@H](C)C(C)(OC)O[C@H](C)[C@H](N)C(=O)O. The molecule has 36 heavy (non-hydrogen) atoms. The molecule has 1 amide bonds. The molecule has 0 heterocycles. The van der Waals surface area contributed by atoms with Crippen molar-refractivity contribution in [1.29, 1.82) is 0 Å². The van der Waals surface area contributed by atoms with E-state index in [2.05, 4.69) is 73.0 Å². The highest BCUT2D eigenvalue weighted by Gasteiger charge is 2.37. The second-order valence-electron chi connectivity index (χ2n) is 8.80. The van der Waals surface area contributed by atoms with Gasteiger partial charge in [0.15, 0.2) is 5.79 Å². The summed E-state index contributed by atoms with van der Waals surface area (Å²) in [6, 6.07) is -1.68. The van der Waals surface area contributed by atoms with Crippen molar-refractivity contribution in [3.8, 4) is 0 Å². The van der Waals surface area contributed by atoms with Crippen LogP contribution in [-0.2, 0) is 19.1 Å². The third-order valence-electron chi connectivity index (χ3n) is 5.71. The van der Waals surface area contributed by atoms with Gasteiger partial charge in [0.25, 0.3) is 0 Å². The number of ether oxygens (including phenoxy) is 2. The standard InChI is InChI=1S/C29H48N2O5/c1-6-7-8-9-10-11-12-13-14-15-16-17-18-19-20-21-22-23-26(32)31-25(3)29(4,35-5)36-24(2)27(30)28(33)34/h7-8,10-11,13-14,16-17,19-20,24-25,27H,6,9,12,15,18,21-23,30H2,1-5H3,(H,31,32)(H,33,34)/b8-7-,11-10-,14-13-,17-16-,20-19-/t24-,25+,27+,29?/m1/s1. The number of nitrogens with two attached hydrogens (primary N) is 1. The van der Waals surface area contributed by atoms with Crippen molar-refractivity contribution in [2.24, 2.45) is 5.73 Å². The van der Waals surface area contributed by atoms with E-state index >= 15 is 0 Å². The molecule has 7 heteroatoms. The van der Waals surface area contributed by atoms with Crippen molar-refractivity contribution in [3.05, 3.63) is 60.8 Å². The average molecular weight is 505 g/mol. The molecule has 0 rings (SSSR count). The van der Waals surface area contributed by atoms with Crippen molar-refractivity contribution in [2.45, 2.75) is 103 Å². The first-order valence-corrected chi connectivity index (χ1v) is 12.9. The van der Waals surface area contributed by atoms with Crippen LogP contribution in [-0.4, -0.2) is 48.1 Å². The van der Waals surface area contributed by atoms with Gasteiger partial charge in [0, 0.05) is 13.5 Å². The zero-order valence-electron chi connectivity index (χ0n) is 22.8. The molecule has 0 bridgehead atoms. The molecule has 0 fully saturated rings. The van der Waals surface area contributed by atoms with Gasteiger partial charge in [-0.3, -0.25) is 9.59 Å². The van der Waals surface area contributed by atoms with E-state index < -0.39 is 29.9 Å². The fraction of sp³-hybridized carbons (Fsp3) is 0.586. The summed E-state index contributed by atoms with van der Waals surface area (Å²) in [6.45, 7) is 7.11. The summed E-state index contributed by atoms with van der Waals surface area (Å²) in [5.74, 6) is -2.48. The predicted octanol–water partition coefficient (Wildman–Crippen LogP) is 5.59. The van der Waals surface area contributed by atoms with Gasteiger partial charge in [-0.15, -0.1) is 0 Å².